The molecule has 0 bridgehead atoms. The minimum atomic E-state index is -0.367. The number of nitrogens with zero attached hydrogens (tertiary/aromatic N) is 3. The second-order valence-corrected chi connectivity index (χ2v) is 8.33. The largest absolute Gasteiger partial charge is 0.481 e. The molecule has 0 atom stereocenters. The molecule has 0 unspecified atom stereocenters. The van der Waals surface area contributed by atoms with Crippen LogP contribution in [0.5, 0.6) is 5.88 Å². The molecule has 1 fully saturated rings. The number of carbonyl (C=O) groups is 1. The van der Waals surface area contributed by atoms with Gasteiger partial charge in [-0.25, -0.2) is 4.98 Å². The fraction of sp³-hybridized carbons (Fsp3) is 0.400. The number of benzene rings is 1. The minimum absolute atomic E-state index is 0.367. The summed E-state index contributed by atoms with van der Waals surface area (Å²) in [6, 6.07) is 13.6. The van der Waals surface area contributed by atoms with E-state index in [9.17, 15) is 4.79 Å². The van der Waals surface area contributed by atoms with Crippen molar-refractivity contribution in [1.82, 2.24) is 14.9 Å². The van der Waals surface area contributed by atoms with Crippen molar-refractivity contribution in [3.05, 3.63) is 65.4 Å². The smallest absolute Gasteiger partial charge is 0.248 e. The number of aryl methyl sites for hydroxylation is 1. The van der Waals surface area contributed by atoms with Gasteiger partial charge in [-0.05, 0) is 86.5 Å². The zero-order valence-electron chi connectivity index (χ0n) is 18.1. The van der Waals surface area contributed by atoms with Gasteiger partial charge in [0.1, 0.15) is 0 Å². The van der Waals surface area contributed by atoms with E-state index in [1.165, 1.54) is 30.4 Å². The molecule has 1 aromatic carbocycles. The van der Waals surface area contributed by atoms with Crippen molar-refractivity contribution in [3.8, 4) is 5.88 Å². The molecule has 1 saturated heterocycles. The predicted octanol–water partition coefficient (Wildman–Crippen LogP) is 3.62. The zero-order chi connectivity index (χ0) is 21.6. The number of carbonyl (C=O) groups excluding carboxylic acids is 1. The molecule has 3 heterocycles. The molecule has 3 aromatic rings. The maximum atomic E-state index is 11.2. The summed E-state index contributed by atoms with van der Waals surface area (Å²) in [5.41, 5.74) is 10.3. The lowest BCUT2D eigenvalue weighted by Gasteiger charge is -2.32. The zero-order valence-corrected chi connectivity index (χ0v) is 18.1. The van der Waals surface area contributed by atoms with Crippen molar-refractivity contribution in [2.75, 3.05) is 26.7 Å². The maximum absolute atomic E-state index is 11.2. The van der Waals surface area contributed by atoms with Crippen LogP contribution in [0.25, 0.3) is 11.0 Å². The molecular formula is C25H30N4O2. The van der Waals surface area contributed by atoms with Crippen LogP contribution in [0.1, 0.15) is 40.7 Å². The second kappa shape index (κ2) is 9.88. The predicted molar refractivity (Wildman–Crippen MR) is 122 cm³/mol. The number of likely N-dealkylation sites (tertiary alicyclic amines) is 1. The number of fused-ring (bicyclic) bond motifs is 1. The van der Waals surface area contributed by atoms with E-state index in [-0.39, 0.29) is 5.91 Å². The van der Waals surface area contributed by atoms with E-state index < -0.39 is 0 Å². The van der Waals surface area contributed by atoms with Gasteiger partial charge in [-0.3, -0.25) is 9.78 Å². The van der Waals surface area contributed by atoms with E-state index in [1.54, 1.807) is 7.11 Å². The van der Waals surface area contributed by atoms with Crippen molar-refractivity contribution in [2.24, 2.45) is 11.7 Å². The first-order valence-corrected chi connectivity index (χ1v) is 11.0. The van der Waals surface area contributed by atoms with Crippen molar-refractivity contribution in [3.63, 3.8) is 0 Å². The van der Waals surface area contributed by atoms with Gasteiger partial charge < -0.3 is 15.4 Å². The second-order valence-electron chi connectivity index (χ2n) is 8.33. The first-order chi connectivity index (χ1) is 15.1. The van der Waals surface area contributed by atoms with Crippen LogP contribution in [0.15, 0.2) is 48.7 Å². The highest BCUT2D eigenvalue weighted by Gasteiger charge is 2.19. The number of hydrogen-bond acceptors (Lipinski definition) is 5. The van der Waals surface area contributed by atoms with E-state index in [0.717, 1.165) is 49.4 Å². The number of amides is 1. The van der Waals surface area contributed by atoms with E-state index in [1.807, 2.05) is 42.6 Å². The minimum Gasteiger partial charge on any atom is -0.481 e. The first-order valence-electron chi connectivity index (χ1n) is 11.0. The summed E-state index contributed by atoms with van der Waals surface area (Å²) in [6.45, 7) is 3.33. The summed E-state index contributed by atoms with van der Waals surface area (Å²) in [7, 11) is 1.64. The quantitative estimate of drug-likeness (QED) is 0.604. The first kappa shape index (κ1) is 21.2. The van der Waals surface area contributed by atoms with Crippen LogP contribution >= 0.6 is 0 Å². The lowest BCUT2D eigenvalue weighted by molar-refractivity contribution is 0.100. The molecule has 0 radical (unpaired) electrons. The van der Waals surface area contributed by atoms with Crippen molar-refractivity contribution in [1.29, 1.82) is 0 Å². The number of primary amides is 1. The summed E-state index contributed by atoms with van der Waals surface area (Å²) in [6.07, 6.45) is 7.57. The Bertz CT molecular complexity index is 1030. The highest BCUT2D eigenvalue weighted by molar-refractivity contribution is 5.92. The fourth-order valence-electron chi connectivity index (χ4n) is 4.36. The van der Waals surface area contributed by atoms with Crippen molar-refractivity contribution < 1.29 is 9.53 Å². The van der Waals surface area contributed by atoms with Gasteiger partial charge in [0.15, 0.2) is 0 Å². The third kappa shape index (κ3) is 5.39. The molecule has 1 amide bonds. The summed E-state index contributed by atoms with van der Waals surface area (Å²) in [5, 5.41) is 0. The number of methoxy groups -OCH3 is 1. The lowest BCUT2D eigenvalue weighted by atomic mass is 9.90. The molecule has 2 aromatic heterocycles. The Morgan fingerprint density at radius 2 is 1.87 bits per heavy atom. The monoisotopic (exact) mass is 418 g/mol. The SMILES string of the molecule is COc1ccc2nccc(CCN3CCC(CCc4ccc(C(N)=O)cc4)CC3)c2n1. The molecule has 0 aliphatic carbocycles. The Morgan fingerprint density at radius 3 is 2.58 bits per heavy atom. The Morgan fingerprint density at radius 1 is 1.10 bits per heavy atom. The number of ether oxygens (including phenoxy) is 1. The molecule has 162 valence electrons. The normalized spacial score (nSPS) is 15.3. The van der Waals surface area contributed by atoms with E-state index >= 15 is 0 Å². The summed E-state index contributed by atoms with van der Waals surface area (Å²) in [5.74, 6) is 1.03. The number of hydrogen-bond donors (Lipinski definition) is 1. The van der Waals surface area contributed by atoms with Crippen LogP contribution in [-0.2, 0) is 12.8 Å². The Hall–Kier alpha value is -2.99. The average molecular weight is 419 g/mol. The van der Waals surface area contributed by atoms with E-state index in [4.69, 9.17) is 10.5 Å². The molecule has 1 aliphatic rings. The molecule has 1 aliphatic heterocycles. The maximum Gasteiger partial charge on any atom is 0.248 e. The highest BCUT2D eigenvalue weighted by atomic mass is 16.5. The van der Waals surface area contributed by atoms with Crippen molar-refractivity contribution in [2.45, 2.75) is 32.1 Å². The number of nitrogens with two attached hydrogens (primary N) is 1. The molecule has 0 spiro atoms. The van der Waals surface area contributed by atoms with Gasteiger partial charge in [0.05, 0.1) is 18.1 Å². The van der Waals surface area contributed by atoms with Crippen molar-refractivity contribution >= 4 is 16.9 Å². The topological polar surface area (TPSA) is 81.3 Å². The summed E-state index contributed by atoms with van der Waals surface area (Å²) in [4.78, 5) is 22.8. The van der Waals surface area contributed by atoms with Gasteiger partial charge in [0, 0.05) is 24.4 Å². The van der Waals surface area contributed by atoms with Crippen LogP contribution in [0, 0.1) is 5.92 Å². The fourth-order valence-corrected chi connectivity index (χ4v) is 4.36. The lowest BCUT2D eigenvalue weighted by Crippen LogP contribution is -2.35. The third-order valence-electron chi connectivity index (χ3n) is 6.34. The van der Waals surface area contributed by atoms with Crippen LogP contribution in [0.4, 0.5) is 0 Å². The Kier molecular flexibility index (Phi) is 6.77. The average Bonchev–Trinajstić information content (AvgIpc) is 2.82. The van der Waals surface area contributed by atoms with Gasteiger partial charge in [0.25, 0.3) is 0 Å². The van der Waals surface area contributed by atoms with Crippen LogP contribution in [0.2, 0.25) is 0 Å². The number of rotatable bonds is 8. The number of piperidine rings is 1. The molecule has 0 saturated carbocycles. The summed E-state index contributed by atoms with van der Waals surface area (Å²) >= 11 is 0. The van der Waals surface area contributed by atoms with E-state index in [0.29, 0.717) is 11.4 Å². The third-order valence-corrected chi connectivity index (χ3v) is 6.34. The van der Waals surface area contributed by atoms with Gasteiger partial charge in [-0.15, -0.1) is 0 Å². The molecule has 6 nitrogen and oxygen atoms in total. The van der Waals surface area contributed by atoms with Gasteiger partial charge >= 0.3 is 0 Å². The van der Waals surface area contributed by atoms with Gasteiger partial charge in [-0.2, -0.15) is 0 Å². The van der Waals surface area contributed by atoms with Gasteiger partial charge in [0.2, 0.25) is 11.8 Å². The van der Waals surface area contributed by atoms with E-state index in [2.05, 4.69) is 20.9 Å². The molecule has 6 heteroatoms. The standard InChI is InChI=1S/C25H30N4O2/c1-31-23-9-8-22-24(28-23)20(10-14-27-22)13-17-29-15-11-19(12-16-29)3-2-18-4-6-21(7-5-18)25(26)30/h4-10,14,19H,2-3,11-13,15-17H2,1H3,(H2,26,30). The van der Waals surface area contributed by atoms with Crippen LogP contribution in [0.3, 0.4) is 0 Å². The number of pyridine rings is 2. The molecule has 31 heavy (non-hydrogen) atoms. The molecular weight excluding hydrogens is 388 g/mol. The van der Waals surface area contributed by atoms with Crippen LogP contribution in [-0.4, -0.2) is 47.5 Å². The Balaban J connectivity index is 1.25. The molecule has 4 rings (SSSR count). The molecule has 2 N–H and O–H groups in total. The summed E-state index contributed by atoms with van der Waals surface area (Å²) < 4.78 is 5.28. The van der Waals surface area contributed by atoms with Gasteiger partial charge in [-0.1, -0.05) is 12.1 Å². The Labute approximate surface area is 183 Å². The number of aromatic nitrogens is 2. The van der Waals surface area contributed by atoms with Crippen LogP contribution < -0.4 is 10.5 Å². The highest BCUT2D eigenvalue weighted by Crippen LogP contribution is 2.24.